The number of benzene rings is 2. The molecule has 9 heteroatoms. The number of fused-ring (bicyclic) bond motifs is 3. The molecule has 0 aromatic heterocycles. The number of carbonyl (C=O) groups excluding carboxylic acids is 2. The maximum Gasteiger partial charge on any atom is 0.407 e. The smallest absolute Gasteiger partial charge is 0.407 e. The highest BCUT2D eigenvalue weighted by molar-refractivity contribution is 7.99. The molecule has 2 atom stereocenters. The van der Waals surface area contributed by atoms with Crippen LogP contribution in [0, 0.1) is 0 Å². The minimum atomic E-state index is -0.941. The number of ether oxygens (including phenoxy) is 1. The van der Waals surface area contributed by atoms with Crippen LogP contribution in [-0.2, 0) is 14.3 Å². The van der Waals surface area contributed by atoms with Crippen LogP contribution in [0.3, 0.4) is 0 Å². The summed E-state index contributed by atoms with van der Waals surface area (Å²) >= 11 is 1.64. The van der Waals surface area contributed by atoms with E-state index in [1.54, 1.807) is 16.7 Å². The molecular formula is C26H31N3O5S. The monoisotopic (exact) mass is 497 g/mol. The summed E-state index contributed by atoms with van der Waals surface area (Å²) in [4.78, 5) is 40.9. The Morgan fingerprint density at radius 1 is 1.11 bits per heavy atom. The molecule has 4 rings (SSSR count). The van der Waals surface area contributed by atoms with Crippen molar-refractivity contribution in [2.45, 2.75) is 24.4 Å². The Kier molecular flexibility index (Phi) is 7.97. The number of carboxylic acid groups (broad SMARTS) is 1. The number of hydrogen-bond acceptors (Lipinski definition) is 6. The van der Waals surface area contributed by atoms with E-state index in [-0.39, 0.29) is 31.4 Å². The number of thioether (sulfide) groups is 1. The van der Waals surface area contributed by atoms with Gasteiger partial charge in [-0.1, -0.05) is 48.5 Å². The van der Waals surface area contributed by atoms with Crippen molar-refractivity contribution in [3.8, 4) is 11.1 Å². The second kappa shape index (κ2) is 11.1. The molecule has 2 aromatic carbocycles. The highest BCUT2D eigenvalue weighted by atomic mass is 32.2. The fourth-order valence-corrected chi connectivity index (χ4v) is 5.91. The first-order valence-corrected chi connectivity index (χ1v) is 12.9. The summed E-state index contributed by atoms with van der Waals surface area (Å²) in [7, 11) is 3.64. The topological polar surface area (TPSA) is 99.2 Å². The SMILES string of the molecule is CN(C)CC(NC(=O)OCC1c2ccccc2-c2ccccc21)C(=O)N1CCSCC1CC(=O)O. The Bertz CT molecular complexity index is 1050. The molecule has 0 saturated carbocycles. The first-order chi connectivity index (χ1) is 16.8. The maximum atomic E-state index is 13.4. The van der Waals surface area contributed by atoms with Gasteiger partial charge in [-0.05, 0) is 36.3 Å². The Hall–Kier alpha value is -3.04. The third kappa shape index (κ3) is 5.79. The van der Waals surface area contributed by atoms with E-state index in [2.05, 4.69) is 29.6 Å². The van der Waals surface area contributed by atoms with Crippen molar-refractivity contribution in [3.05, 3.63) is 59.7 Å². The molecule has 2 aromatic rings. The molecule has 186 valence electrons. The van der Waals surface area contributed by atoms with Crippen molar-refractivity contribution in [2.24, 2.45) is 0 Å². The largest absolute Gasteiger partial charge is 0.481 e. The Labute approximate surface area is 209 Å². The van der Waals surface area contributed by atoms with Gasteiger partial charge in [-0.3, -0.25) is 9.59 Å². The predicted molar refractivity (Wildman–Crippen MR) is 136 cm³/mol. The van der Waals surface area contributed by atoms with Crippen LogP contribution in [0.15, 0.2) is 48.5 Å². The maximum absolute atomic E-state index is 13.4. The molecule has 0 bridgehead atoms. The lowest BCUT2D eigenvalue weighted by Crippen LogP contribution is -2.57. The zero-order valence-electron chi connectivity index (χ0n) is 20.0. The molecule has 1 saturated heterocycles. The van der Waals surface area contributed by atoms with Crippen LogP contribution in [-0.4, -0.2) is 90.3 Å². The Morgan fingerprint density at radius 2 is 1.74 bits per heavy atom. The summed E-state index contributed by atoms with van der Waals surface area (Å²) in [6, 6.07) is 15.0. The average molecular weight is 498 g/mol. The van der Waals surface area contributed by atoms with E-state index in [1.165, 1.54) is 0 Å². The van der Waals surface area contributed by atoms with Gasteiger partial charge in [-0.15, -0.1) is 0 Å². The van der Waals surface area contributed by atoms with Crippen LogP contribution in [0.4, 0.5) is 4.79 Å². The van der Waals surface area contributed by atoms with E-state index in [0.717, 1.165) is 28.0 Å². The van der Waals surface area contributed by atoms with Crippen molar-refractivity contribution in [2.75, 3.05) is 45.3 Å². The van der Waals surface area contributed by atoms with E-state index >= 15 is 0 Å². The Morgan fingerprint density at radius 3 is 2.34 bits per heavy atom. The molecule has 35 heavy (non-hydrogen) atoms. The summed E-state index contributed by atoms with van der Waals surface area (Å²) in [5.41, 5.74) is 4.52. The van der Waals surface area contributed by atoms with E-state index in [0.29, 0.717) is 12.3 Å². The van der Waals surface area contributed by atoms with Crippen molar-refractivity contribution >= 4 is 29.7 Å². The van der Waals surface area contributed by atoms with Gasteiger partial charge in [0.2, 0.25) is 5.91 Å². The lowest BCUT2D eigenvalue weighted by Gasteiger charge is -2.37. The second-order valence-electron chi connectivity index (χ2n) is 9.14. The fraction of sp³-hybridized carbons (Fsp3) is 0.423. The van der Waals surface area contributed by atoms with E-state index in [4.69, 9.17) is 4.74 Å². The minimum absolute atomic E-state index is 0.0739. The van der Waals surface area contributed by atoms with Gasteiger partial charge in [0, 0.05) is 30.5 Å². The van der Waals surface area contributed by atoms with E-state index in [9.17, 15) is 19.5 Å². The van der Waals surface area contributed by atoms with Gasteiger partial charge in [0.05, 0.1) is 12.5 Å². The summed E-state index contributed by atoms with van der Waals surface area (Å²) < 4.78 is 5.64. The zero-order valence-corrected chi connectivity index (χ0v) is 20.8. The summed E-state index contributed by atoms with van der Waals surface area (Å²) in [5.74, 6) is 0.0111. The molecular weight excluding hydrogens is 466 g/mol. The number of alkyl carbamates (subject to hydrolysis) is 1. The molecule has 8 nitrogen and oxygen atoms in total. The molecule has 2 N–H and O–H groups in total. The molecule has 1 aliphatic heterocycles. The molecule has 0 radical (unpaired) electrons. The number of carboxylic acids is 1. The van der Waals surface area contributed by atoms with Crippen LogP contribution in [0.5, 0.6) is 0 Å². The van der Waals surface area contributed by atoms with Crippen LogP contribution < -0.4 is 5.32 Å². The standard InChI is InChI=1S/C26H31N3O5S/c1-28(2)14-23(25(32)29-11-12-35-16-17(29)13-24(30)31)27-26(33)34-15-22-20-9-5-3-7-18(20)19-8-4-6-10-21(19)22/h3-10,17,22-23H,11-16H2,1-2H3,(H,27,33)(H,30,31). The fourth-order valence-electron chi connectivity index (χ4n) is 4.85. The van der Waals surface area contributed by atoms with Gasteiger partial charge in [-0.25, -0.2) is 4.79 Å². The summed E-state index contributed by atoms with van der Waals surface area (Å²) in [5, 5.41) is 12.0. The Balaban J connectivity index is 1.44. The molecule has 0 spiro atoms. The molecule has 1 heterocycles. The van der Waals surface area contributed by atoms with Crippen LogP contribution in [0.2, 0.25) is 0 Å². The van der Waals surface area contributed by atoms with Gasteiger partial charge >= 0.3 is 12.1 Å². The lowest BCUT2D eigenvalue weighted by atomic mass is 9.98. The summed E-state index contributed by atoms with van der Waals surface area (Å²) in [6.07, 6.45) is -0.772. The number of carbonyl (C=O) groups is 3. The van der Waals surface area contributed by atoms with E-state index in [1.807, 2.05) is 43.3 Å². The number of likely N-dealkylation sites (N-methyl/N-ethyl adjacent to an activating group) is 1. The van der Waals surface area contributed by atoms with E-state index < -0.39 is 24.1 Å². The van der Waals surface area contributed by atoms with Gasteiger partial charge in [0.15, 0.2) is 0 Å². The molecule has 2 aliphatic rings. The van der Waals surface area contributed by atoms with Gasteiger partial charge in [-0.2, -0.15) is 11.8 Å². The van der Waals surface area contributed by atoms with Gasteiger partial charge < -0.3 is 25.0 Å². The average Bonchev–Trinajstić information content (AvgIpc) is 3.15. The molecule has 2 amide bonds. The van der Waals surface area contributed by atoms with Crippen LogP contribution >= 0.6 is 11.8 Å². The van der Waals surface area contributed by atoms with Crippen molar-refractivity contribution < 1.29 is 24.2 Å². The molecule has 1 aliphatic carbocycles. The van der Waals surface area contributed by atoms with Gasteiger partial charge in [0.25, 0.3) is 0 Å². The quantitative estimate of drug-likeness (QED) is 0.579. The number of rotatable bonds is 8. The first kappa shape index (κ1) is 25.1. The second-order valence-corrected chi connectivity index (χ2v) is 10.3. The van der Waals surface area contributed by atoms with Crippen molar-refractivity contribution in [3.63, 3.8) is 0 Å². The predicted octanol–water partition coefficient (Wildman–Crippen LogP) is 2.87. The number of hydrogen-bond donors (Lipinski definition) is 2. The highest BCUT2D eigenvalue weighted by Crippen LogP contribution is 2.44. The van der Waals surface area contributed by atoms with Crippen LogP contribution in [0.25, 0.3) is 11.1 Å². The van der Waals surface area contributed by atoms with Crippen molar-refractivity contribution in [1.29, 1.82) is 0 Å². The zero-order chi connectivity index (χ0) is 24.9. The number of nitrogens with zero attached hydrogens (tertiary/aromatic N) is 2. The molecule has 2 unspecified atom stereocenters. The number of amides is 2. The number of aliphatic carboxylic acids is 1. The lowest BCUT2D eigenvalue weighted by molar-refractivity contribution is -0.141. The first-order valence-electron chi connectivity index (χ1n) is 11.7. The minimum Gasteiger partial charge on any atom is -0.481 e. The van der Waals surface area contributed by atoms with Crippen LogP contribution in [0.1, 0.15) is 23.5 Å². The number of nitrogens with one attached hydrogen (secondary N) is 1. The third-order valence-corrected chi connectivity index (χ3v) is 7.49. The highest BCUT2D eigenvalue weighted by Gasteiger charge is 2.35. The van der Waals surface area contributed by atoms with Crippen molar-refractivity contribution in [1.82, 2.24) is 15.1 Å². The summed E-state index contributed by atoms with van der Waals surface area (Å²) in [6.45, 7) is 0.898. The third-order valence-electron chi connectivity index (χ3n) is 6.40. The normalized spacial score (nSPS) is 18.0. The molecule has 1 fully saturated rings. The van der Waals surface area contributed by atoms with Gasteiger partial charge in [0.1, 0.15) is 12.6 Å².